The van der Waals surface area contributed by atoms with Crippen molar-refractivity contribution in [3.8, 4) is 22.6 Å². The molecule has 110 valence electrons. The van der Waals surface area contributed by atoms with Gasteiger partial charge < -0.3 is 14.8 Å². The van der Waals surface area contributed by atoms with Crippen LogP contribution in [0.5, 0.6) is 11.5 Å². The number of methoxy groups -OCH3 is 2. The van der Waals surface area contributed by atoms with Crippen molar-refractivity contribution in [1.82, 2.24) is 10.3 Å². The minimum atomic E-state index is -0.145. The lowest BCUT2D eigenvalue weighted by atomic mass is 10.0. The fourth-order valence-electron chi connectivity index (χ4n) is 2.01. The first-order valence-corrected chi connectivity index (χ1v) is 6.65. The summed E-state index contributed by atoms with van der Waals surface area (Å²) in [7, 11) is 3.21. The normalized spacial score (nSPS) is 10.0. The van der Waals surface area contributed by atoms with Crippen molar-refractivity contribution in [2.75, 3.05) is 20.8 Å². The van der Waals surface area contributed by atoms with Crippen molar-refractivity contribution in [2.24, 2.45) is 0 Å². The molecular weight excluding hydrogens is 268 g/mol. The fraction of sp³-hybridized carbons (Fsp3) is 0.250. The molecule has 1 aromatic heterocycles. The Labute approximate surface area is 123 Å². The summed E-state index contributed by atoms with van der Waals surface area (Å²) in [5.74, 6) is 1.27. The second-order valence-corrected chi connectivity index (χ2v) is 4.39. The number of nitrogens with zero attached hydrogens (tertiary/aromatic N) is 1. The molecule has 1 aromatic carbocycles. The molecule has 2 aromatic rings. The molecule has 0 atom stereocenters. The minimum absolute atomic E-state index is 0.145. The quantitative estimate of drug-likeness (QED) is 0.917. The van der Waals surface area contributed by atoms with Gasteiger partial charge in [-0.1, -0.05) is 0 Å². The minimum Gasteiger partial charge on any atom is -0.497 e. The van der Waals surface area contributed by atoms with Crippen LogP contribution < -0.4 is 14.8 Å². The Bertz CT molecular complexity index is 641. The maximum absolute atomic E-state index is 11.9. The molecule has 0 aliphatic rings. The van der Waals surface area contributed by atoms with Gasteiger partial charge in [-0.25, -0.2) is 0 Å². The average Bonchev–Trinajstić information content (AvgIpc) is 2.54. The van der Waals surface area contributed by atoms with E-state index in [1.54, 1.807) is 32.7 Å². The number of ether oxygens (including phenoxy) is 2. The maximum Gasteiger partial charge on any atom is 0.252 e. The second-order valence-electron chi connectivity index (χ2n) is 4.39. The summed E-state index contributed by atoms with van der Waals surface area (Å²) < 4.78 is 10.6. The van der Waals surface area contributed by atoms with Crippen LogP contribution in [0.1, 0.15) is 17.3 Å². The molecule has 0 saturated carbocycles. The SMILES string of the molecule is CCNC(=O)c1cncc(-c2cc(OC)ccc2OC)c1. The van der Waals surface area contributed by atoms with Gasteiger partial charge in [0.15, 0.2) is 0 Å². The number of rotatable bonds is 5. The van der Waals surface area contributed by atoms with Gasteiger partial charge in [0.25, 0.3) is 5.91 Å². The number of pyridine rings is 1. The van der Waals surface area contributed by atoms with Gasteiger partial charge in [0.1, 0.15) is 11.5 Å². The van der Waals surface area contributed by atoms with Crippen molar-refractivity contribution in [3.63, 3.8) is 0 Å². The maximum atomic E-state index is 11.9. The predicted molar refractivity (Wildman–Crippen MR) is 80.8 cm³/mol. The molecule has 0 aliphatic carbocycles. The molecule has 21 heavy (non-hydrogen) atoms. The van der Waals surface area contributed by atoms with Gasteiger partial charge in [-0.3, -0.25) is 9.78 Å². The highest BCUT2D eigenvalue weighted by atomic mass is 16.5. The van der Waals surface area contributed by atoms with E-state index in [-0.39, 0.29) is 5.91 Å². The molecule has 5 heteroatoms. The summed E-state index contributed by atoms with van der Waals surface area (Å²) in [6, 6.07) is 7.29. The highest BCUT2D eigenvalue weighted by Gasteiger charge is 2.11. The van der Waals surface area contributed by atoms with Gasteiger partial charge in [0, 0.05) is 30.1 Å². The van der Waals surface area contributed by atoms with Crippen LogP contribution in [0.4, 0.5) is 0 Å². The number of nitrogens with one attached hydrogen (secondary N) is 1. The lowest BCUT2D eigenvalue weighted by Crippen LogP contribution is -2.22. The van der Waals surface area contributed by atoms with Crippen LogP contribution >= 0.6 is 0 Å². The van der Waals surface area contributed by atoms with Crippen LogP contribution in [0.3, 0.4) is 0 Å². The molecule has 0 aliphatic heterocycles. The van der Waals surface area contributed by atoms with Crippen molar-refractivity contribution in [2.45, 2.75) is 6.92 Å². The molecule has 1 heterocycles. The zero-order valence-electron chi connectivity index (χ0n) is 12.3. The van der Waals surface area contributed by atoms with Gasteiger partial charge in [0.05, 0.1) is 19.8 Å². The zero-order valence-corrected chi connectivity index (χ0v) is 12.3. The Morgan fingerprint density at radius 2 is 2.00 bits per heavy atom. The Kier molecular flexibility index (Phi) is 4.77. The third-order valence-corrected chi connectivity index (χ3v) is 3.06. The smallest absolute Gasteiger partial charge is 0.252 e. The van der Waals surface area contributed by atoms with E-state index < -0.39 is 0 Å². The molecule has 0 radical (unpaired) electrons. The topological polar surface area (TPSA) is 60.5 Å². The molecule has 1 amide bonds. The lowest BCUT2D eigenvalue weighted by molar-refractivity contribution is 0.0955. The molecule has 0 unspecified atom stereocenters. The Balaban J connectivity index is 2.46. The number of benzene rings is 1. The van der Waals surface area contributed by atoms with Gasteiger partial charge in [-0.15, -0.1) is 0 Å². The van der Waals surface area contributed by atoms with Crippen LogP contribution in [0.15, 0.2) is 36.7 Å². The Morgan fingerprint density at radius 3 is 2.67 bits per heavy atom. The van der Waals surface area contributed by atoms with Crippen molar-refractivity contribution in [3.05, 3.63) is 42.2 Å². The number of amides is 1. The van der Waals surface area contributed by atoms with Crippen LogP contribution in [-0.2, 0) is 0 Å². The van der Waals surface area contributed by atoms with Crippen molar-refractivity contribution in [1.29, 1.82) is 0 Å². The van der Waals surface area contributed by atoms with Crippen LogP contribution in [0, 0.1) is 0 Å². The highest BCUT2D eigenvalue weighted by molar-refractivity contribution is 5.95. The number of carbonyl (C=O) groups excluding carboxylic acids is 1. The first kappa shape index (κ1) is 14.8. The van der Waals surface area contributed by atoms with Gasteiger partial charge in [-0.2, -0.15) is 0 Å². The van der Waals surface area contributed by atoms with E-state index in [4.69, 9.17) is 9.47 Å². The number of carbonyl (C=O) groups is 1. The molecule has 0 spiro atoms. The summed E-state index contributed by atoms with van der Waals surface area (Å²) in [5.41, 5.74) is 2.14. The first-order valence-electron chi connectivity index (χ1n) is 6.65. The number of aromatic nitrogens is 1. The number of hydrogen-bond donors (Lipinski definition) is 1. The predicted octanol–water partition coefficient (Wildman–Crippen LogP) is 2.52. The molecule has 0 saturated heterocycles. The van der Waals surface area contributed by atoms with Crippen LogP contribution in [-0.4, -0.2) is 31.7 Å². The van der Waals surface area contributed by atoms with E-state index in [9.17, 15) is 4.79 Å². The van der Waals surface area contributed by atoms with E-state index in [2.05, 4.69) is 10.3 Å². The van der Waals surface area contributed by atoms with E-state index in [0.717, 1.165) is 11.1 Å². The average molecular weight is 286 g/mol. The van der Waals surface area contributed by atoms with E-state index in [1.807, 2.05) is 25.1 Å². The first-order chi connectivity index (χ1) is 10.2. The molecule has 2 rings (SSSR count). The third kappa shape index (κ3) is 3.31. The zero-order chi connectivity index (χ0) is 15.2. The number of hydrogen-bond acceptors (Lipinski definition) is 4. The molecular formula is C16H18N2O3. The summed E-state index contributed by atoms with van der Waals surface area (Å²) in [4.78, 5) is 16.0. The van der Waals surface area contributed by atoms with Gasteiger partial charge in [0.2, 0.25) is 0 Å². The lowest BCUT2D eigenvalue weighted by Gasteiger charge is -2.11. The molecule has 0 bridgehead atoms. The van der Waals surface area contributed by atoms with Crippen LogP contribution in [0.25, 0.3) is 11.1 Å². The Hall–Kier alpha value is -2.56. The molecule has 0 fully saturated rings. The fourth-order valence-corrected chi connectivity index (χ4v) is 2.01. The highest BCUT2D eigenvalue weighted by Crippen LogP contribution is 2.33. The van der Waals surface area contributed by atoms with Gasteiger partial charge in [-0.05, 0) is 31.2 Å². The summed E-state index contributed by atoms with van der Waals surface area (Å²) in [5, 5.41) is 2.76. The van der Waals surface area contributed by atoms with E-state index in [0.29, 0.717) is 23.6 Å². The molecule has 1 N–H and O–H groups in total. The summed E-state index contributed by atoms with van der Waals surface area (Å²) in [6.45, 7) is 2.45. The summed E-state index contributed by atoms with van der Waals surface area (Å²) >= 11 is 0. The monoisotopic (exact) mass is 286 g/mol. The van der Waals surface area contributed by atoms with Crippen molar-refractivity contribution >= 4 is 5.91 Å². The standard InChI is InChI=1S/C16H18N2O3/c1-4-18-16(19)12-7-11(9-17-10-12)14-8-13(20-2)5-6-15(14)21-3/h5-10H,4H2,1-3H3,(H,18,19). The largest absolute Gasteiger partial charge is 0.497 e. The van der Waals surface area contributed by atoms with Crippen LogP contribution in [0.2, 0.25) is 0 Å². The van der Waals surface area contributed by atoms with Crippen molar-refractivity contribution < 1.29 is 14.3 Å². The van der Waals surface area contributed by atoms with Gasteiger partial charge >= 0.3 is 0 Å². The summed E-state index contributed by atoms with van der Waals surface area (Å²) in [6.07, 6.45) is 3.24. The third-order valence-electron chi connectivity index (χ3n) is 3.06. The van der Waals surface area contributed by atoms with E-state index >= 15 is 0 Å². The van der Waals surface area contributed by atoms with E-state index in [1.165, 1.54) is 0 Å². The molecule has 5 nitrogen and oxygen atoms in total. The second kappa shape index (κ2) is 6.74. The Morgan fingerprint density at radius 1 is 1.19 bits per heavy atom.